The first kappa shape index (κ1) is 18.5. The number of piperidine rings is 1. The predicted molar refractivity (Wildman–Crippen MR) is 111 cm³/mol. The Balaban J connectivity index is 1.45. The van der Waals surface area contributed by atoms with Gasteiger partial charge in [-0.25, -0.2) is 4.98 Å². The number of benzene rings is 1. The lowest BCUT2D eigenvalue weighted by Crippen LogP contribution is -2.67. The van der Waals surface area contributed by atoms with Crippen LogP contribution < -0.4 is 14.2 Å². The van der Waals surface area contributed by atoms with Gasteiger partial charge in [-0.2, -0.15) is 0 Å². The van der Waals surface area contributed by atoms with E-state index in [9.17, 15) is 0 Å². The van der Waals surface area contributed by atoms with Crippen LogP contribution >= 0.6 is 0 Å². The summed E-state index contributed by atoms with van der Waals surface area (Å²) >= 11 is 0. The van der Waals surface area contributed by atoms with Crippen LogP contribution in [0.15, 0.2) is 36.5 Å². The summed E-state index contributed by atoms with van der Waals surface area (Å²) in [7, 11) is 3.93. The van der Waals surface area contributed by atoms with Gasteiger partial charge in [0.2, 0.25) is 5.88 Å². The smallest absolute Gasteiger partial charge is 0.213 e. The van der Waals surface area contributed by atoms with Gasteiger partial charge in [0.05, 0.1) is 0 Å². The Hall–Kier alpha value is -2.31. The Morgan fingerprint density at radius 1 is 1.23 bits per heavy atom. The van der Waals surface area contributed by atoms with Crippen molar-refractivity contribution in [3.8, 4) is 17.4 Å². The number of likely N-dealkylation sites (tertiary alicyclic amines) is 1. The van der Waals surface area contributed by atoms with Crippen LogP contribution in [0.25, 0.3) is 0 Å². The Morgan fingerprint density at radius 2 is 2.17 bits per heavy atom. The van der Waals surface area contributed by atoms with Crippen molar-refractivity contribution >= 4 is 0 Å². The van der Waals surface area contributed by atoms with Crippen molar-refractivity contribution in [2.75, 3.05) is 27.5 Å². The average molecular weight is 408 g/mol. The van der Waals surface area contributed by atoms with Gasteiger partial charge in [0, 0.05) is 42.0 Å². The molecular formula is C24H28N2O4. The fourth-order valence-corrected chi connectivity index (χ4v) is 6.64. The van der Waals surface area contributed by atoms with E-state index in [4.69, 9.17) is 18.9 Å². The third-order valence-corrected chi connectivity index (χ3v) is 7.78. The van der Waals surface area contributed by atoms with E-state index in [-0.39, 0.29) is 24.4 Å². The molecule has 2 aliphatic carbocycles. The van der Waals surface area contributed by atoms with Crippen LogP contribution in [0.1, 0.15) is 30.4 Å². The first-order valence-electron chi connectivity index (χ1n) is 10.9. The Morgan fingerprint density at radius 3 is 3.00 bits per heavy atom. The first-order chi connectivity index (χ1) is 14.7. The van der Waals surface area contributed by atoms with Gasteiger partial charge in [-0.05, 0) is 63.4 Å². The van der Waals surface area contributed by atoms with Crippen LogP contribution in [0.3, 0.4) is 0 Å². The molecule has 3 heterocycles. The number of hydrogen-bond acceptors (Lipinski definition) is 6. The largest absolute Gasteiger partial charge is 0.485 e. The Labute approximate surface area is 177 Å². The van der Waals surface area contributed by atoms with Gasteiger partial charge in [0.25, 0.3) is 0 Å². The molecule has 1 aromatic carbocycles. The molecule has 4 aliphatic rings. The molecule has 1 spiro atoms. The highest BCUT2D eigenvalue weighted by molar-refractivity contribution is 5.60. The fourth-order valence-electron chi connectivity index (χ4n) is 6.64. The zero-order valence-corrected chi connectivity index (χ0v) is 17.5. The van der Waals surface area contributed by atoms with E-state index < -0.39 is 0 Å². The van der Waals surface area contributed by atoms with Gasteiger partial charge in [0.15, 0.2) is 6.79 Å². The van der Waals surface area contributed by atoms with E-state index in [1.807, 2.05) is 24.3 Å². The van der Waals surface area contributed by atoms with Gasteiger partial charge in [-0.3, -0.25) is 0 Å². The third-order valence-electron chi connectivity index (χ3n) is 7.78. The summed E-state index contributed by atoms with van der Waals surface area (Å²) in [6.45, 7) is 1.35. The summed E-state index contributed by atoms with van der Waals surface area (Å²) in [5.41, 5.74) is 2.67. The van der Waals surface area contributed by atoms with Crippen LogP contribution in [0.2, 0.25) is 0 Å². The SMILES string of the molecule is COCOc1ccc2c3c1C[C@@H]1[C@@H]4CC[C@H](Oc5ccccn5)[C@H](O2)[C@]34CCN1C. The number of nitrogens with zero attached hydrogens (tertiary/aromatic N) is 2. The molecule has 2 aromatic rings. The zero-order valence-electron chi connectivity index (χ0n) is 17.5. The van der Waals surface area contributed by atoms with Crippen LogP contribution in [-0.4, -0.2) is 55.6 Å². The molecule has 5 atom stereocenters. The van der Waals surface area contributed by atoms with Gasteiger partial charge in [-0.1, -0.05) is 6.07 Å². The second-order valence-electron chi connectivity index (χ2n) is 9.06. The molecule has 2 fully saturated rings. The minimum Gasteiger partial charge on any atom is -0.485 e. The van der Waals surface area contributed by atoms with E-state index in [2.05, 4.69) is 23.0 Å². The molecule has 1 aromatic heterocycles. The second-order valence-corrected chi connectivity index (χ2v) is 9.06. The highest BCUT2D eigenvalue weighted by Gasteiger charge is 2.66. The minimum atomic E-state index is -0.00969. The molecule has 6 heteroatoms. The normalized spacial score (nSPS) is 33.5. The van der Waals surface area contributed by atoms with E-state index in [1.54, 1.807) is 13.3 Å². The minimum absolute atomic E-state index is 0.00176. The van der Waals surface area contributed by atoms with Crippen LogP contribution in [0.4, 0.5) is 0 Å². The average Bonchev–Trinajstić information content (AvgIpc) is 3.11. The van der Waals surface area contributed by atoms with Crippen molar-refractivity contribution in [2.24, 2.45) is 5.92 Å². The Bertz CT molecular complexity index is 952. The van der Waals surface area contributed by atoms with Crippen molar-refractivity contribution < 1.29 is 18.9 Å². The molecular weight excluding hydrogens is 380 g/mol. The lowest BCUT2D eigenvalue weighted by Gasteiger charge is -2.58. The number of rotatable bonds is 5. The first-order valence-corrected chi connectivity index (χ1v) is 10.9. The van der Waals surface area contributed by atoms with Gasteiger partial charge >= 0.3 is 0 Å². The second kappa shape index (κ2) is 6.86. The lowest BCUT2D eigenvalue weighted by atomic mass is 9.51. The molecule has 1 saturated heterocycles. The third kappa shape index (κ3) is 2.47. The maximum atomic E-state index is 6.70. The van der Waals surface area contributed by atoms with Crippen molar-refractivity contribution in [3.63, 3.8) is 0 Å². The summed E-state index contributed by atoms with van der Waals surface area (Å²) in [6.07, 6.45) is 6.04. The molecule has 158 valence electrons. The Kier molecular flexibility index (Phi) is 4.22. The number of aromatic nitrogens is 1. The standard InChI is InChI=1S/C24H28N2O4/c1-26-12-10-24-16-6-7-20(29-21-5-3-4-11-25-21)23(24)30-19-9-8-18(28-14-27-2)15(22(19)24)13-17(16)26/h3-5,8-9,11,16-17,20,23H,6-7,10,12-14H2,1-2H3/t16-,17+,20-,23-,24-/m0/s1. The van der Waals surface area contributed by atoms with Gasteiger partial charge < -0.3 is 23.8 Å². The zero-order chi connectivity index (χ0) is 20.3. The molecule has 6 rings (SSSR count). The van der Waals surface area contributed by atoms with Crippen molar-refractivity contribution in [1.29, 1.82) is 0 Å². The monoisotopic (exact) mass is 408 g/mol. The molecule has 2 aliphatic heterocycles. The highest BCUT2D eigenvalue weighted by Crippen LogP contribution is 2.63. The summed E-state index contributed by atoms with van der Waals surface area (Å²) in [5, 5.41) is 0. The lowest BCUT2D eigenvalue weighted by molar-refractivity contribution is -0.0923. The van der Waals surface area contributed by atoms with E-state index in [1.165, 1.54) is 11.1 Å². The fraction of sp³-hybridized carbons (Fsp3) is 0.542. The predicted octanol–water partition coefficient (Wildman–Crippen LogP) is 3.18. The number of methoxy groups -OCH3 is 1. The van der Waals surface area contributed by atoms with Crippen LogP contribution in [0, 0.1) is 5.92 Å². The molecule has 1 saturated carbocycles. The molecule has 0 N–H and O–H groups in total. The van der Waals surface area contributed by atoms with Crippen LogP contribution in [0.5, 0.6) is 17.4 Å². The van der Waals surface area contributed by atoms with Crippen molar-refractivity contribution in [3.05, 3.63) is 47.7 Å². The summed E-state index contributed by atoms with van der Waals surface area (Å²) < 4.78 is 24.3. The summed E-state index contributed by atoms with van der Waals surface area (Å²) in [4.78, 5) is 6.95. The number of pyridine rings is 1. The number of ether oxygens (including phenoxy) is 4. The number of likely N-dealkylation sites (N-methyl/N-ethyl adjacent to an activating group) is 1. The molecule has 0 radical (unpaired) electrons. The summed E-state index contributed by atoms with van der Waals surface area (Å²) in [5.74, 6) is 3.22. The van der Waals surface area contributed by atoms with Crippen molar-refractivity contribution in [1.82, 2.24) is 9.88 Å². The van der Waals surface area contributed by atoms with Gasteiger partial charge in [-0.15, -0.1) is 0 Å². The molecule has 0 unspecified atom stereocenters. The maximum absolute atomic E-state index is 6.70. The van der Waals surface area contributed by atoms with E-state index in [0.29, 0.717) is 17.8 Å². The molecule has 0 amide bonds. The molecule has 2 bridgehead atoms. The molecule has 30 heavy (non-hydrogen) atoms. The van der Waals surface area contributed by atoms with Crippen molar-refractivity contribution in [2.45, 2.75) is 49.3 Å². The topological polar surface area (TPSA) is 53.1 Å². The highest BCUT2D eigenvalue weighted by atomic mass is 16.7. The van der Waals surface area contributed by atoms with E-state index >= 15 is 0 Å². The van der Waals surface area contributed by atoms with E-state index in [0.717, 1.165) is 43.7 Å². The van der Waals surface area contributed by atoms with Gasteiger partial charge in [0.1, 0.15) is 23.7 Å². The quantitative estimate of drug-likeness (QED) is 0.709. The number of hydrogen-bond donors (Lipinski definition) is 0. The summed E-state index contributed by atoms with van der Waals surface area (Å²) in [6, 6.07) is 10.5. The molecule has 6 nitrogen and oxygen atoms in total. The van der Waals surface area contributed by atoms with Crippen LogP contribution in [-0.2, 0) is 16.6 Å². The maximum Gasteiger partial charge on any atom is 0.213 e.